The molecule has 0 spiro atoms. The van der Waals surface area contributed by atoms with E-state index >= 15 is 0 Å². The average Bonchev–Trinajstić information content (AvgIpc) is 2.55. The first-order chi connectivity index (χ1) is 6.88. The maximum absolute atomic E-state index is 6.21. The van der Waals surface area contributed by atoms with Gasteiger partial charge >= 0.3 is 0 Å². The largest absolute Gasteiger partial charge is 0.252 e. The number of benzene rings is 2. The van der Waals surface area contributed by atoms with E-state index in [1.54, 1.807) is 4.09 Å². The lowest BCUT2D eigenvalue weighted by Gasteiger charge is -1.91. The molecule has 1 nitrogen and oxygen atoms in total. The summed E-state index contributed by atoms with van der Waals surface area (Å²) < 4.78 is 1.71. The molecule has 0 unspecified atom stereocenters. The average molecular weight is 202 g/mol. The van der Waals surface area contributed by atoms with Gasteiger partial charge in [0.05, 0.1) is 11.0 Å². The Balaban J connectivity index is 2.69. The number of halogens is 1. The molecule has 0 aliphatic heterocycles. The highest BCUT2D eigenvalue weighted by atomic mass is 35.5. The van der Waals surface area contributed by atoms with Crippen LogP contribution in [0.25, 0.3) is 21.8 Å². The molecule has 2 heteroatoms. The molecule has 0 saturated heterocycles. The number of fused-ring (bicyclic) bond motifs is 3. The molecule has 0 atom stereocenters. The molecule has 3 rings (SSSR count). The van der Waals surface area contributed by atoms with Gasteiger partial charge in [-0.05, 0) is 12.1 Å². The zero-order valence-corrected chi connectivity index (χ0v) is 8.20. The molecule has 1 heterocycles. The normalized spacial score (nSPS) is 11.2. The second-order valence-electron chi connectivity index (χ2n) is 3.32. The van der Waals surface area contributed by atoms with Crippen molar-refractivity contribution >= 4 is 33.6 Å². The first-order valence-corrected chi connectivity index (χ1v) is 4.86. The summed E-state index contributed by atoms with van der Waals surface area (Å²) in [7, 11) is 0. The van der Waals surface area contributed by atoms with E-state index in [2.05, 4.69) is 12.1 Å². The SMILES string of the molecule is Cln1c2ccccc2c2ccccc21. The number of para-hydroxylation sites is 2. The van der Waals surface area contributed by atoms with Crippen molar-refractivity contribution in [3.8, 4) is 0 Å². The van der Waals surface area contributed by atoms with Crippen LogP contribution in [0.15, 0.2) is 48.5 Å². The van der Waals surface area contributed by atoms with Crippen LogP contribution in [-0.4, -0.2) is 4.09 Å². The van der Waals surface area contributed by atoms with Gasteiger partial charge in [-0.15, -0.1) is 0 Å². The summed E-state index contributed by atoms with van der Waals surface area (Å²) >= 11 is 6.21. The van der Waals surface area contributed by atoms with Crippen LogP contribution in [0.3, 0.4) is 0 Å². The Hall–Kier alpha value is -1.47. The fourth-order valence-electron chi connectivity index (χ4n) is 1.87. The van der Waals surface area contributed by atoms with Crippen molar-refractivity contribution in [2.24, 2.45) is 0 Å². The van der Waals surface area contributed by atoms with Crippen molar-refractivity contribution in [1.82, 2.24) is 4.09 Å². The summed E-state index contributed by atoms with van der Waals surface area (Å²) in [6, 6.07) is 16.3. The Morgan fingerprint density at radius 3 is 1.64 bits per heavy atom. The molecular weight excluding hydrogens is 194 g/mol. The van der Waals surface area contributed by atoms with Crippen molar-refractivity contribution in [3.05, 3.63) is 48.5 Å². The molecular formula is C12H8ClN. The van der Waals surface area contributed by atoms with Crippen molar-refractivity contribution in [1.29, 1.82) is 0 Å². The highest BCUT2D eigenvalue weighted by molar-refractivity contribution is 6.26. The van der Waals surface area contributed by atoms with Gasteiger partial charge in [0.15, 0.2) is 0 Å². The number of nitrogens with zero attached hydrogens (tertiary/aromatic N) is 1. The van der Waals surface area contributed by atoms with Crippen LogP contribution in [-0.2, 0) is 0 Å². The van der Waals surface area contributed by atoms with Gasteiger partial charge in [-0.1, -0.05) is 36.4 Å². The first kappa shape index (κ1) is 7.89. The number of hydrogen-bond acceptors (Lipinski definition) is 0. The molecule has 68 valence electrons. The number of hydrogen-bond donors (Lipinski definition) is 0. The molecule has 1 aromatic heterocycles. The quantitative estimate of drug-likeness (QED) is 0.522. The van der Waals surface area contributed by atoms with Crippen LogP contribution in [0.5, 0.6) is 0 Å². The fourth-order valence-corrected chi connectivity index (χ4v) is 2.17. The molecule has 0 amide bonds. The maximum Gasteiger partial charge on any atom is 0.0660 e. The van der Waals surface area contributed by atoms with Crippen molar-refractivity contribution in [2.75, 3.05) is 0 Å². The first-order valence-electron chi connectivity index (χ1n) is 4.52. The Labute approximate surface area is 86.6 Å². The summed E-state index contributed by atoms with van der Waals surface area (Å²) in [5.41, 5.74) is 2.13. The van der Waals surface area contributed by atoms with E-state index in [1.165, 1.54) is 10.8 Å². The lowest BCUT2D eigenvalue weighted by molar-refractivity contribution is 1.40. The van der Waals surface area contributed by atoms with E-state index in [0.717, 1.165) is 11.0 Å². The Morgan fingerprint density at radius 2 is 1.14 bits per heavy atom. The zero-order chi connectivity index (χ0) is 9.54. The van der Waals surface area contributed by atoms with Gasteiger partial charge < -0.3 is 0 Å². The standard InChI is InChI=1S/C12H8ClN/c13-14-11-7-3-1-5-9(11)10-6-2-4-8-12(10)14/h1-8H. The highest BCUT2D eigenvalue weighted by Crippen LogP contribution is 2.28. The topological polar surface area (TPSA) is 4.93 Å². The summed E-state index contributed by atoms with van der Waals surface area (Å²) in [6.07, 6.45) is 0. The molecule has 0 aliphatic rings. The zero-order valence-electron chi connectivity index (χ0n) is 7.44. The summed E-state index contributed by atoms with van der Waals surface area (Å²) in [4.78, 5) is 0. The third-order valence-corrected chi connectivity index (χ3v) is 2.89. The van der Waals surface area contributed by atoms with E-state index in [1.807, 2.05) is 36.4 Å². The van der Waals surface area contributed by atoms with Crippen LogP contribution in [0.4, 0.5) is 0 Å². The van der Waals surface area contributed by atoms with Crippen molar-refractivity contribution < 1.29 is 0 Å². The summed E-state index contributed by atoms with van der Waals surface area (Å²) in [6.45, 7) is 0. The molecule has 0 aliphatic carbocycles. The fraction of sp³-hybridized carbons (Fsp3) is 0. The summed E-state index contributed by atoms with van der Waals surface area (Å²) in [5.74, 6) is 0. The smallest absolute Gasteiger partial charge is 0.0660 e. The molecule has 0 radical (unpaired) electrons. The minimum absolute atomic E-state index is 1.07. The van der Waals surface area contributed by atoms with Gasteiger partial charge in [-0.25, -0.2) is 0 Å². The van der Waals surface area contributed by atoms with Crippen LogP contribution < -0.4 is 0 Å². The highest BCUT2D eigenvalue weighted by Gasteiger charge is 2.06. The van der Waals surface area contributed by atoms with Crippen molar-refractivity contribution in [2.45, 2.75) is 0 Å². The lowest BCUT2D eigenvalue weighted by atomic mass is 10.2. The molecule has 2 aromatic carbocycles. The third kappa shape index (κ3) is 0.904. The third-order valence-electron chi connectivity index (χ3n) is 2.52. The molecule has 3 aromatic rings. The van der Waals surface area contributed by atoms with Gasteiger partial charge in [-0.2, -0.15) is 0 Å². The van der Waals surface area contributed by atoms with Gasteiger partial charge in [0.2, 0.25) is 0 Å². The van der Waals surface area contributed by atoms with E-state index in [-0.39, 0.29) is 0 Å². The van der Waals surface area contributed by atoms with E-state index in [4.69, 9.17) is 11.8 Å². The molecule has 14 heavy (non-hydrogen) atoms. The number of rotatable bonds is 0. The second kappa shape index (κ2) is 2.76. The molecule has 0 N–H and O–H groups in total. The van der Waals surface area contributed by atoms with Crippen LogP contribution in [0.1, 0.15) is 0 Å². The molecule has 0 saturated carbocycles. The maximum atomic E-state index is 6.21. The van der Waals surface area contributed by atoms with Crippen molar-refractivity contribution in [3.63, 3.8) is 0 Å². The van der Waals surface area contributed by atoms with Gasteiger partial charge in [0.25, 0.3) is 0 Å². The minimum atomic E-state index is 1.07. The lowest BCUT2D eigenvalue weighted by Crippen LogP contribution is -1.76. The Kier molecular flexibility index (Phi) is 1.55. The van der Waals surface area contributed by atoms with Crippen LogP contribution in [0, 0.1) is 0 Å². The predicted molar refractivity (Wildman–Crippen MR) is 60.7 cm³/mol. The van der Waals surface area contributed by atoms with Gasteiger partial charge in [-0.3, -0.25) is 4.09 Å². The van der Waals surface area contributed by atoms with Crippen LogP contribution in [0.2, 0.25) is 0 Å². The van der Waals surface area contributed by atoms with Crippen LogP contribution >= 0.6 is 11.8 Å². The van der Waals surface area contributed by atoms with E-state index in [9.17, 15) is 0 Å². The number of aromatic nitrogens is 1. The minimum Gasteiger partial charge on any atom is -0.252 e. The Morgan fingerprint density at radius 1 is 0.714 bits per heavy atom. The molecule has 0 fully saturated rings. The van der Waals surface area contributed by atoms with Gasteiger partial charge in [0, 0.05) is 22.5 Å². The van der Waals surface area contributed by atoms with E-state index < -0.39 is 0 Å². The van der Waals surface area contributed by atoms with Gasteiger partial charge in [0.1, 0.15) is 0 Å². The monoisotopic (exact) mass is 201 g/mol. The second-order valence-corrected chi connectivity index (χ2v) is 3.65. The Bertz CT molecular complexity index is 557. The predicted octanol–water partition coefficient (Wildman–Crippen LogP) is 3.80. The molecule has 0 bridgehead atoms. The summed E-state index contributed by atoms with van der Waals surface area (Å²) in [5, 5.41) is 2.41. The van der Waals surface area contributed by atoms with E-state index in [0.29, 0.717) is 0 Å².